The molecular formula is C14H16FN3O3. The molecule has 0 bridgehead atoms. The van der Waals surface area contributed by atoms with Gasteiger partial charge in [0.1, 0.15) is 6.61 Å². The maximum atomic E-state index is 13.4. The van der Waals surface area contributed by atoms with Gasteiger partial charge in [-0.05, 0) is 25.1 Å². The summed E-state index contributed by atoms with van der Waals surface area (Å²) in [7, 11) is 1.41. The summed E-state index contributed by atoms with van der Waals surface area (Å²) >= 11 is 0. The van der Waals surface area contributed by atoms with Crippen molar-refractivity contribution < 1.29 is 18.4 Å². The summed E-state index contributed by atoms with van der Waals surface area (Å²) < 4.78 is 29.2. The van der Waals surface area contributed by atoms with Crippen LogP contribution in [0.5, 0.6) is 5.75 Å². The molecule has 0 saturated carbocycles. The number of benzene rings is 1. The lowest BCUT2D eigenvalue weighted by Crippen LogP contribution is -2.58. The van der Waals surface area contributed by atoms with Crippen LogP contribution in [0.4, 0.5) is 4.39 Å². The van der Waals surface area contributed by atoms with Gasteiger partial charge < -0.3 is 19.3 Å². The van der Waals surface area contributed by atoms with E-state index in [9.17, 15) is 4.39 Å². The molecule has 0 atom stereocenters. The van der Waals surface area contributed by atoms with Crippen LogP contribution in [-0.2, 0) is 11.3 Å². The fourth-order valence-corrected chi connectivity index (χ4v) is 2.04. The van der Waals surface area contributed by atoms with Crippen LogP contribution in [-0.4, -0.2) is 35.9 Å². The third-order valence-electron chi connectivity index (χ3n) is 3.42. The number of nitrogens with one attached hydrogen (secondary N) is 1. The number of rotatable bonds is 5. The quantitative estimate of drug-likeness (QED) is 0.906. The third-order valence-corrected chi connectivity index (χ3v) is 3.42. The summed E-state index contributed by atoms with van der Waals surface area (Å²) in [4.78, 5) is 4.25. The van der Waals surface area contributed by atoms with Gasteiger partial charge in [-0.25, -0.2) is 4.39 Å². The molecule has 6 nitrogen and oxygen atoms in total. The van der Waals surface area contributed by atoms with Crippen LogP contribution in [0.3, 0.4) is 0 Å². The first-order valence-corrected chi connectivity index (χ1v) is 6.61. The first kappa shape index (κ1) is 14.0. The van der Waals surface area contributed by atoms with E-state index in [1.165, 1.54) is 19.2 Å². The molecule has 1 aliphatic rings. The van der Waals surface area contributed by atoms with Crippen molar-refractivity contribution in [2.24, 2.45) is 0 Å². The van der Waals surface area contributed by atoms with Crippen LogP contribution in [0.15, 0.2) is 22.7 Å². The average Bonchev–Trinajstić information content (AvgIpc) is 2.92. The maximum Gasteiger partial charge on any atom is 0.252 e. The van der Waals surface area contributed by atoms with E-state index in [4.69, 9.17) is 14.0 Å². The maximum absolute atomic E-state index is 13.4. The molecule has 0 unspecified atom stereocenters. The molecule has 1 aromatic heterocycles. The highest BCUT2D eigenvalue weighted by atomic mass is 19.1. The predicted octanol–water partition coefficient (Wildman–Crippen LogP) is 1.76. The highest BCUT2D eigenvalue weighted by Gasteiger charge is 2.33. The molecule has 0 spiro atoms. The fourth-order valence-electron chi connectivity index (χ4n) is 2.04. The fraction of sp³-hybridized carbons (Fsp3) is 0.429. The summed E-state index contributed by atoms with van der Waals surface area (Å²) in [6.45, 7) is 3.89. The topological polar surface area (TPSA) is 69.4 Å². The lowest BCUT2D eigenvalue weighted by Gasteiger charge is -2.38. The molecule has 21 heavy (non-hydrogen) atoms. The number of aromatic nitrogens is 2. The molecule has 1 aromatic carbocycles. The zero-order valence-corrected chi connectivity index (χ0v) is 11.9. The van der Waals surface area contributed by atoms with E-state index >= 15 is 0 Å². The minimum absolute atomic E-state index is 0.142. The first-order chi connectivity index (χ1) is 10.1. The lowest BCUT2D eigenvalue weighted by molar-refractivity contribution is -0.0841. The van der Waals surface area contributed by atoms with Gasteiger partial charge in [0.15, 0.2) is 11.6 Å². The Hall–Kier alpha value is -1.99. The number of nitrogens with zero attached hydrogens (tertiary/aromatic N) is 2. The molecule has 112 valence electrons. The molecule has 2 aromatic rings. The summed E-state index contributed by atoms with van der Waals surface area (Å²) in [6.07, 6.45) is 0. The Labute approximate surface area is 121 Å². The predicted molar refractivity (Wildman–Crippen MR) is 72.3 cm³/mol. The second-order valence-corrected chi connectivity index (χ2v) is 5.20. The largest absolute Gasteiger partial charge is 0.494 e. The highest BCUT2D eigenvalue weighted by molar-refractivity contribution is 5.57. The molecule has 0 aliphatic carbocycles. The zero-order chi connectivity index (χ0) is 14.9. The molecular weight excluding hydrogens is 277 g/mol. The molecule has 1 saturated heterocycles. The molecule has 1 aliphatic heterocycles. The molecule has 0 amide bonds. The Kier molecular flexibility index (Phi) is 3.60. The zero-order valence-electron chi connectivity index (χ0n) is 11.9. The monoisotopic (exact) mass is 293 g/mol. The van der Waals surface area contributed by atoms with Crippen molar-refractivity contribution in [1.29, 1.82) is 0 Å². The van der Waals surface area contributed by atoms with Crippen LogP contribution in [0, 0.1) is 5.82 Å². The van der Waals surface area contributed by atoms with Gasteiger partial charge in [-0.3, -0.25) is 0 Å². The molecule has 3 rings (SSSR count). The first-order valence-electron chi connectivity index (χ1n) is 6.61. The minimum atomic E-state index is -0.432. The van der Waals surface area contributed by atoms with E-state index in [1.54, 1.807) is 6.07 Å². The second kappa shape index (κ2) is 5.42. The van der Waals surface area contributed by atoms with Crippen molar-refractivity contribution in [3.05, 3.63) is 29.9 Å². The van der Waals surface area contributed by atoms with Crippen molar-refractivity contribution in [1.82, 2.24) is 15.5 Å². The van der Waals surface area contributed by atoms with Crippen LogP contribution < -0.4 is 10.1 Å². The van der Waals surface area contributed by atoms with Gasteiger partial charge in [0.25, 0.3) is 5.89 Å². The molecule has 1 fully saturated rings. The SMILES string of the molecule is COc1cc(-c2noc(COC3(C)CNC3)n2)ccc1F. The standard InChI is InChI=1S/C14H16FN3O3/c1-14(7-16-8-14)20-6-12-17-13(18-21-12)9-3-4-10(15)11(5-9)19-2/h3-5,16H,6-8H2,1-2H3. The lowest BCUT2D eigenvalue weighted by atomic mass is 10.0. The summed E-state index contributed by atoms with van der Waals surface area (Å²) in [5.41, 5.74) is 0.452. The Morgan fingerprint density at radius 1 is 1.43 bits per heavy atom. The summed E-state index contributed by atoms with van der Waals surface area (Å²) in [5, 5.41) is 7.02. The number of methoxy groups -OCH3 is 1. The number of hydrogen-bond donors (Lipinski definition) is 1. The van der Waals surface area contributed by atoms with Crippen LogP contribution in [0.2, 0.25) is 0 Å². The van der Waals surface area contributed by atoms with E-state index in [1.807, 2.05) is 6.92 Å². The number of halogens is 1. The Morgan fingerprint density at radius 2 is 2.24 bits per heavy atom. The van der Waals surface area contributed by atoms with E-state index < -0.39 is 5.82 Å². The Balaban J connectivity index is 1.72. The third kappa shape index (κ3) is 2.88. The van der Waals surface area contributed by atoms with E-state index in [-0.39, 0.29) is 18.0 Å². The van der Waals surface area contributed by atoms with Gasteiger partial charge in [-0.15, -0.1) is 0 Å². The molecule has 2 heterocycles. The summed E-state index contributed by atoms with van der Waals surface area (Å²) in [6, 6.07) is 4.41. The molecule has 1 N–H and O–H groups in total. The molecule has 0 radical (unpaired) electrons. The van der Waals surface area contributed by atoms with Crippen LogP contribution in [0.25, 0.3) is 11.4 Å². The number of ether oxygens (including phenoxy) is 2. The Bertz CT molecular complexity index is 640. The molecule has 7 heteroatoms. The number of hydrogen-bond acceptors (Lipinski definition) is 6. The van der Waals surface area contributed by atoms with Crippen LogP contribution >= 0.6 is 0 Å². The summed E-state index contributed by atoms with van der Waals surface area (Å²) in [5.74, 6) is 0.479. The minimum Gasteiger partial charge on any atom is -0.494 e. The second-order valence-electron chi connectivity index (χ2n) is 5.20. The van der Waals surface area contributed by atoms with Gasteiger partial charge in [0, 0.05) is 18.7 Å². The van der Waals surface area contributed by atoms with Crippen molar-refractivity contribution in [3.8, 4) is 17.1 Å². The van der Waals surface area contributed by atoms with Gasteiger partial charge in [0.2, 0.25) is 5.82 Å². The van der Waals surface area contributed by atoms with Gasteiger partial charge in [-0.1, -0.05) is 5.16 Å². The van der Waals surface area contributed by atoms with E-state index in [0.717, 1.165) is 13.1 Å². The van der Waals surface area contributed by atoms with Crippen molar-refractivity contribution >= 4 is 0 Å². The van der Waals surface area contributed by atoms with Crippen molar-refractivity contribution in [3.63, 3.8) is 0 Å². The van der Waals surface area contributed by atoms with Gasteiger partial charge >= 0.3 is 0 Å². The smallest absolute Gasteiger partial charge is 0.252 e. The normalized spacial score (nSPS) is 16.5. The van der Waals surface area contributed by atoms with E-state index in [0.29, 0.717) is 17.3 Å². The van der Waals surface area contributed by atoms with Crippen LogP contribution in [0.1, 0.15) is 12.8 Å². The highest BCUT2D eigenvalue weighted by Crippen LogP contribution is 2.25. The van der Waals surface area contributed by atoms with Gasteiger partial charge in [0.05, 0.1) is 12.7 Å². The van der Waals surface area contributed by atoms with E-state index in [2.05, 4.69) is 15.5 Å². The Morgan fingerprint density at radius 3 is 2.90 bits per heavy atom. The van der Waals surface area contributed by atoms with Gasteiger partial charge in [-0.2, -0.15) is 4.98 Å². The van der Waals surface area contributed by atoms with Crippen molar-refractivity contribution in [2.45, 2.75) is 19.1 Å². The van der Waals surface area contributed by atoms with Crippen molar-refractivity contribution in [2.75, 3.05) is 20.2 Å². The average molecular weight is 293 g/mol.